The molecule has 1 aliphatic rings. The summed E-state index contributed by atoms with van der Waals surface area (Å²) in [6.45, 7) is 2.17. The topological polar surface area (TPSA) is 80.8 Å². The summed E-state index contributed by atoms with van der Waals surface area (Å²) in [6.07, 6.45) is 2.85. The standard InChI is InChI=1S/C14H16NO5S/c1-2-20-14(17)11-5-3-7-13(9-11)21(18,19)15-8-4-6-12(15)10-16/h3,5,7,9,12H,2,4,6,8H2,1H3/t12-/m0/s1. The van der Waals surface area contributed by atoms with Gasteiger partial charge in [-0.3, -0.25) is 4.79 Å². The number of esters is 1. The van der Waals surface area contributed by atoms with Gasteiger partial charge >= 0.3 is 5.97 Å². The third kappa shape index (κ3) is 3.14. The Morgan fingerprint density at radius 3 is 2.90 bits per heavy atom. The molecule has 2 rings (SSSR count). The molecule has 1 aliphatic heterocycles. The second kappa shape index (κ2) is 6.36. The molecule has 0 aliphatic carbocycles. The average Bonchev–Trinajstić information content (AvgIpc) is 2.97. The molecule has 21 heavy (non-hydrogen) atoms. The van der Waals surface area contributed by atoms with Gasteiger partial charge in [-0.1, -0.05) is 6.07 Å². The molecular formula is C14H16NO5S. The molecule has 0 aromatic heterocycles. The first-order chi connectivity index (χ1) is 10.0. The van der Waals surface area contributed by atoms with Crippen molar-refractivity contribution in [1.82, 2.24) is 4.31 Å². The van der Waals surface area contributed by atoms with Crippen molar-refractivity contribution in [2.75, 3.05) is 13.2 Å². The van der Waals surface area contributed by atoms with Crippen LogP contribution >= 0.6 is 0 Å². The van der Waals surface area contributed by atoms with Gasteiger partial charge in [-0.05, 0) is 38.0 Å². The Morgan fingerprint density at radius 2 is 2.24 bits per heavy atom. The minimum atomic E-state index is -3.81. The summed E-state index contributed by atoms with van der Waals surface area (Å²) in [4.78, 5) is 22.5. The highest BCUT2D eigenvalue weighted by Gasteiger charge is 2.35. The average molecular weight is 310 g/mol. The van der Waals surface area contributed by atoms with Gasteiger partial charge in [0, 0.05) is 6.54 Å². The largest absolute Gasteiger partial charge is 0.462 e. The Bertz CT molecular complexity index is 641. The van der Waals surface area contributed by atoms with Crippen LogP contribution in [-0.4, -0.2) is 44.2 Å². The molecule has 0 bridgehead atoms. The zero-order valence-corrected chi connectivity index (χ0v) is 12.4. The predicted octanol–water partition coefficient (Wildman–Crippen LogP) is 1.13. The lowest BCUT2D eigenvalue weighted by molar-refractivity contribution is 0.0526. The second-order valence-electron chi connectivity index (χ2n) is 4.64. The highest BCUT2D eigenvalue weighted by atomic mass is 32.2. The van der Waals surface area contributed by atoms with Crippen LogP contribution in [0.2, 0.25) is 0 Å². The molecule has 1 radical (unpaired) electrons. The monoisotopic (exact) mass is 310 g/mol. The lowest BCUT2D eigenvalue weighted by atomic mass is 10.2. The Balaban J connectivity index is 2.34. The summed E-state index contributed by atoms with van der Waals surface area (Å²) in [5.41, 5.74) is 0.170. The molecule has 0 spiro atoms. The quantitative estimate of drug-likeness (QED) is 0.761. The highest BCUT2D eigenvalue weighted by molar-refractivity contribution is 7.89. The van der Waals surface area contributed by atoms with Crippen molar-refractivity contribution >= 4 is 22.3 Å². The van der Waals surface area contributed by atoms with Gasteiger partial charge in [-0.25, -0.2) is 13.2 Å². The minimum absolute atomic E-state index is 0.0183. The summed E-state index contributed by atoms with van der Waals surface area (Å²) in [7, 11) is -3.81. The van der Waals surface area contributed by atoms with Gasteiger partial charge in [0.1, 0.15) is 0 Å². The smallest absolute Gasteiger partial charge is 0.338 e. The van der Waals surface area contributed by atoms with E-state index in [-0.39, 0.29) is 23.6 Å². The van der Waals surface area contributed by atoms with Crippen LogP contribution in [0.3, 0.4) is 0 Å². The number of rotatable bonds is 5. The van der Waals surface area contributed by atoms with E-state index in [9.17, 15) is 18.0 Å². The Labute approximate surface area is 123 Å². The number of benzene rings is 1. The van der Waals surface area contributed by atoms with E-state index in [1.165, 1.54) is 24.3 Å². The molecule has 0 N–H and O–H groups in total. The summed E-state index contributed by atoms with van der Waals surface area (Å²) in [5.74, 6) is -0.575. The van der Waals surface area contributed by atoms with Gasteiger partial charge in [-0.2, -0.15) is 4.31 Å². The Kier molecular flexibility index (Phi) is 4.74. The number of carbonyl (C=O) groups excluding carboxylic acids is 2. The van der Waals surface area contributed by atoms with Crippen molar-refractivity contribution in [3.05, 3.63) is 29.8 Å². The van der Waals surface area contributed by atoms with Crippen LogP contribution in [0, 0.1) is 0 Å². The third-order valence-corrected chi connectivity index (χ3v) is 5.20. The van der Waals surface area contributed by atoms with E-state index in [1.54, 1.807) is 13.2 Å². The molecule has 6 nitrogen and oxygen atoms in total. The Morgan fingerprint density at radius 1 is 1.48 bits per heavy atom. The molecule has 1 atom stereocenters. The first-order valence-corrected chi connectivity index (χ1v) is 8.11. The minimum Gasteiger partial charge on any atom is -0.462 e. The summed E-state index contributed by atoms with van der Waals surface area (Å²) in [6, 6.07) is 4.89. The van der Waals surface area contributed by atoms with Crippen LogP contribution in [-0.2, 0) is 19.6 Å². The number of nitrogens with zero attached hydrogens (tertiary/aromatic N) is 1. The molecule has 1 aromatic carbocycles. The summed E-state index contributed by atoms with van der Waals surface area (Å²) >= 11 is 0. The van der Waals surface area contributed by atoms with Gasteiger partial charge in [0.05, 0.1) is 23.1 Å². The lowest BCUT2D eigenvalue weighted by Crippen LogP contribution is -2.36. The van der Waals surface area contributed by atoms with Crippen LogP contribution in [0.5, 0.6) is 0 Å². The van der Waals surface area contributed by atoms with Crippen LogP contribution in [0.15, 0.2) is 29.2 Å². The maximum absolute atomic E-state index is 12.5. The van der Waals surface area contributed by atoms with Crippen LogP contribution in [0.4, 0.5) is 0 Å². The number of hydrogen-bond acceptors (Lipinski definition) is 5. The van der Waals surface area contributed by atoms with E-state index < -0.39 is 22.0 Å². The zero-order valence-electron chi connectivity index (χ0n) is 11.6. The van der Waals surface area contributed by atoms with Crippen LogP contribution in [0.1, 0.15) is 30.1 Å². The molecule has 113 valence electrons. The normalized spacial score (nSPS) is 19.4. The fourth-order valence-corrected chi connectivity index (χ4v) is 3.93. The molecule has 1 heterocycles. The molecule has 7 heteroatoms. The third-order valence-electron chi connectivity index (χ3n) is 3.29. The van der Waals surface area contributed by atoms with E-state index in [0.717, 1.165) is 4.31 Å². The fraction of sp³-hybridized carbons (Fsp3) is 0.429. The van der Waals surface area contributed by atoms with Gasteiger partial charge < -0.3 is 4.74 Å². The van der Waals surface area contributed by atoms with Crippen molar-refractivity contribution in [3.63, 3.8) is 0 Å². The van der Waals surface area contributed by atoms with Crippen molar-refractivity contribution in [3.8, 4) is 0 Å². The van der Waals surface area contributed by atoms with E-state index in [1.807, 2.05) is 0 Å². The molecule has 1 aromatic rings. The molecular weight excluding hydrogens is 294 g/mol. The number of carbonyl (C=O) groups is 1. The first-order valence-electron chi connectivity index (χ1n) is 6.67. The van der Waals surface area contributed by atoms with Gasteiger partial charge in [-0.15, -0.1) is 0 Å². The van der Waals surface area contributed by atoms with Gasteiger partial charge in [0.15, 0.2) is 0 Å². The highest BCUT2D eigenvalue weighted by Crippen LogP contribution is 2.25. The van der Waals surface area contributed by atoms with Gasteiger partial charge in [0.25, 0.3) is 0 Å². The number of sulfonamides is 1. The molecule has 1 saturated heterocycles. The maximum Gasteiger partial charge on any atom is 0.338 e. The van der Waals surface area contributed by atoms with E-state index >= 15 is 0 Å². The lowest BCUT2D eigenvalue weighted by Gasteiger charge is -2.19. The number of ether oxygens (including phenoxy) is 1. The Hall–Kier alpha value is -1.73. The number of hydrogen-bond donors (Lipinski definition) is 0. The van der Waals surface area contributed by atoms with E-state index in [2.05, 4.69) is 0 Å². The van der Waals surface area contributed by atoms with Crippen molar-refractivity contribution in [2.45, 2.75) is 30.7 Å². The molecule has 1 fully saturated rings. The van der Waals surface area contributed by atoms with Crippen LogP contribution < -0.4 is 0 Å². The van der Waals surface area contributed by atoms with Crippen molar-refractivity contribution < 1.29 is 22.7 Å². The zero-order chi connectivity index (χ0) is 15.5. The first kappa shape index (κ1) is 15.7. The predicted molar refractivity (Wildman–Crippen MR) is 75.0 cm³/mol. The van der Waals surface area contributed by atoms with E-state index in [0.29, 0.717) is 12.8 Å². The SMILES string of the molecule is CCOC(=O)c1cccc(S(=O)(=O)N2CCC[C@H]2[C]=O)c1. The van der Waals surface area contributed by atoms with Gasteiger partial charge in [0.2, 0.25) is 16.3 Å². The molecule has 0 amide bonds. The van der Waals surface area contributed by atoms with Crippen LogP contribution in [0.25, 0.3) is 0 Å². The summed E-state index contributed by atoms with van der Waals surface area (Å²) in [5, 5.41) is 0. The maximum atomic E-state index is 12.5. The van der Waals surface area contributed by atoms with E-state index in [4.69, 9.17) is 4.74 Å². The second-order valence-corrected chi connectivity index (χ2v) is 6.53. The summed E-state index contributed by atoms with van der Waals surface area (Å²) < 4.78 is 31.0. The van der Waals surface area contributed by atoms with Crippen molar-refractivity contribution in [1.29, 1.82) is 0 Å². The molecule has 0 saturated carbocycles. The van der Waals surface area contributed by atoms with Crippen molar-refractivity contribution in [2.24, 2.45) is 0 Å². The molecule has 0 unspecified atom stereocenters. The fourth-order valence-electron chi connectivity index (χ4n) is 2.28.